The van der Waals surface area contributed by atoms with Gasteiger partial charge in [-0.05, 0) is 85.8 Å². The number of carbonyl (C=O) groups is 1. The number of rotatable bonds is 6. The van der Waals surface area contributed by atoms with Crippen molar-refractivity contribution >= 4 is 28.3 Å². The molecule has 1 aliphatic rings. The molecule has 0 radical (unpaired) electrons. The highest BCUT2D eigenvalue weighted by atomic mass is 35.5. The predicted octanol–water partition coefficient (Wildman–Crippen LogP) is 7.95. The maximum absolute atomic E-state index is 12.9. The number of halogens is 4. The summed E-state index contributed by atoms with van der Waals surface area (Å²) in [5, 5.41) is 1.53. The fraction of sp³-hybridized carbons (Fsp3) is 0.346. The van der Waals surface area contributed by atoms with E-state index in [-0.39, 0.29) is 22.8 Å². The Kier molecular flexibility index (Phi) is 7.22. The van der Waals surface area contributed by atoms with Gasteiger partial charge in [-0.3, -0.25) is 0 Å². The number of carbonyl (C=O) groups excluding carboxylic acids is 1. The molecule has 3 aromatic rings. The summed E-state index contributed by atoms with van der Waals surface area (Å²) < 4.78 is 55.7. The molecule has 34 heavy (non-hydrogen) atoms. The Morgan fingerprint density at radius 1 is 0.941 bits per heavy atom. The van der Waals surface area contributed by atoms with Crippen LogP contribution >= 0.6 is 11.6 Å². The highest BCUT2D eigenvalue weighted by molar-refractivity contribution is 6.32. The van der Waals surface area contributed by atoms with E-state index in [1.54, 1.807) is 31.2 Å². The topological polar surface area (TPSA) is 44.8 Å². The molecular formula is C26H24ClF3O4. The number of esters is 1. The van der Waals surface area contributed by atoms with Crippen LogP contribution in [0.2, 0.25) is 5.02 Å². The van der Waals surface area contributed by atoms with Crippen LogP contribution in [0.3, 0.4) is 0 Å². The average molecular weight is 493 g/mol. The highest BCUT2D eigenvalue weighted by Crippen LogP contribution is 2.37. The Hall–Kier alpha value is -2.93. The zero-order valence-electron chi connectivity index (χ0n) is 18.5. The van der Waals surface area contributed by atoms with Gasteiger partial charge in [-0.15, -0.1) is 0 Å². The van der Waals surface area contributed by atoms with Crippen molar-refractivity contribution < 1.29 is 32.2 Å². The Balaban J connectivity index is 1.46. The lowest BCUT2D eigenvalue weighted by atomic mass is 9.98. The fourth-order valence-electron chi connectivity index (χ4n) is 3.92. The molecule has 1 aliphatic carbocycles. The summed E-state index contributed by atoms with van der Waals surface area (Å²) in [5.74, 6) is 0.614. The van der Waals surface area contributed by atoms with Gasteiger partial charge in [0, 0.05) is 0 Å². The smallest absolute Gasteiger partial charge is 0.416 e. The van der Waals surface area contributed by atoms with Crippen LogP contribution in [0, 0.1) is 0 Å². The number of benzene rings is 3. The molecular weight excluding hydrogens is 469 g/mol. The lowest BCUT2D eigenvalue weighted by Crippen LogP contribution is -2.31. The molecule has 1 unspecified atom stereocenters. The van der Waals surface area contributed by atoms with Crippen molar-refractivity contribution in [2.75, 3.05) is 0 Å². The van der Waals surface area contributed by atoms with E-state index in [2.05, 4.69) is 0 Å². The molecule has 0 spiro atoms. The van der Waals surface area contributed by atoms with Crippen molar-refractivity contribution in [2.24, 2.45) is 0 Å². The monoisotopic (exact) mass is 492 g/mol. The second kappa shape index (κ2) is 10.1. The number of hydrogen-bond donors (Lipinski definition) is 0. The van der Waals surface area contributed by atoms with Gasteiger partial charge < -0.3 is 14.2 Å². The molecule has 1 atom stereocenters. The summed E-state index contributed by atoms with van der Waals surface area (Å²) >= 11 is 6.00. The van der Waals surface area contributed by atoms with E-state index in [0.717, 1.165) is 48.6 Å². The largest absolute Gasteiger partial charge is 0.479 e. The van der Waals surface area contributed by atoms with Crippen LogP contribution in [0.25, 0.3) is 10.8 Å². The minimum absolute atomic E-state index is 0.0411. The summed E-state index contributed by atoms with van der Waals surface area (Å²) in [5.41, 5.74) is -0.846. The van der Waals surface area contributed by atoms with Gasteiger partial charge in [0.25, 0.3) is 0 Å². The minimum Gasteiger partial charge on any atom is -0.479 e. The molecule has 8 heteroatoms. The molecule has 0 aliphatic heterocycles. The van der Waals surface area contributed by atoms with Gasteiger partial charge in [0.2, 0.25) is 0 Å². The van der Waals surface area contributed by atoms with Gasteiger partial charge in [0.1, 0.15) is 23.4 Å². The summed E-state index contributed by atoms with van der Waals surface area (Å²) in [6, 6.07) is 13.5. The third kappa shape index (κ3) is 5.95. The van der Waals surface area contributed by atoms with Crippen LogP contribution < -0.4 is 9.47 Å². The van der Waals surface area contributed by atoms with E-state index in [1.807, 2.05) is 12.1 Å². The first-order valence-corrected chi connectivity index (χ1v) is 11.5. The van der Waals surface area contributed by atoms with Gasteiger partial charge in [-0.1, -0.05) is 30.2 Å². The normalized spacial score (nSPS) is 15.7. The van der Waals surface area contributed by atoms with Crippen LogP contribution in [-0.2, 0) is 15.7 Å². The SMILES string of the molecule is CC(Oc1ccc2ccc(Oc3ccc(C(F)(F)F)cc3Cl)cc2c1)C(=O)OC1CCCCC1. The van der Waals surface area contributed by atoms with Crippen molar-refractivity contribution in [3.8, 4) is 17.2 Å². The molecule has 4 rings (SSSR count). The third-order valence-electron chi connectivity index (χ3n) is 5.75. The molecule has 0 amide bonds. The van der Waals surface area contributed by atoms with E-state index in [9.17, 15) is 18.0 Å². The van der Waals surface area contributed by atoms with Crippen molar-refractivity contribution in [1.82, 2.24) is 0 Å². The minimum atomic E-state index is -4.48. The lowest BCUT2D eigenvalue weighted by Gasteiger charge is -2.23. The number of fused-ring (bicyclic) bond motifs is 1. The Morgan fingerprint density at radius 3 is 2.29 bits per heavy atom. The molecule has 180 valence electrons. The second-order valence-electron chi connectivity index (χ2n) is 8.37. The van der Waals surface area contributed by atoms with Crippen LogP contribution in [0.4, 0.5) is 13.2 Å². The van der Waals surface area contributed by atoms with Crippen molar-refractivity contribution in [3.63, 3.8) is 0 Å². The molecule has 0 bridgehead atoms. The quantitative estimate of drug-likeness (QED) is 0.327. The Labute approximate surface area is 200 Å². The van der Waals surface area contributed by atoms with Gasteiger partial charge in [0.15, 0.2) is 6.10 Å². The first kappa shape index (κ1) is 24.2. The van der Waals surface area contributed by atoms with Gasteiger partial charge >= 0.3 is 12.1 Å². The molecule has 1 fully saturated rings. The zero-order chi connectivity index (χ0) is 24.3. The van der Waals surface area contributed by atoms with E-state index in [4.69, 9.17) is 25.8 Å². The first-order chi connectivity index (χ1) is 16.2. The second-order valence-corrected chi connectivity index (χ2v) is 8.78. The maximum Gasteiger partial charge on any atom is 0.416 e. The lowest BCUT2D eigenvalue weighted by molar-refractivity contribution is -0.158. The first-order valence-electron chi connectivity index (χ1n) is 11.1. The maximum atomic E-state index is 12.9. The fourth-order valence-corrected chi connectivity index (χ4v) is 4.14. The number of ether oxygens (including phenoxy) is 3. The van der Waals surface area contributed by atoms with Crippen LogP contribution in [0.5, 0.6) is 17.2 Å². The van der Waals surface area contributed by atoms with Crippen LogP contribution in [0.15, 0.2) is 54.6 Å². The highest BCUT2D eigenvalue weighted by Gasteiger charge is 2.31. The summed E-state index contributed by atoms with van der Waals surface area (Å²) in [7, 11) is 0. The predicted molar refractivity (Wildman–Crippen MR) is 124 cm³/mol. The van der Waals surface area contributed by atoms with Crippen molar-refractivity contribution in [1.29, 1.82) is 0 Å². The van der Waals surface area contributed by atoms with Crippen LogP contribution in [0.1, 0.15) is 44.6 Å². The average Bonchev–Trinajstić information content (AvgIpc) is 2.80. The Morgan fingerprint density at radius 2 is 1.62 bits per heavy atom. The van der Waals surface area contributed by atoms with Gasteiger partial charge in [-0.2, -0.15) is 13.2 Å². The van der Waals surface area contributed by atoms with E-state index in [1.165, 1.54) is 12.5 Å². The van der Waals surface area contributed by atoms with Crippen molar-refractivity contribution in [3.05, 3.63) is 65.2 Å². The third-order valence-corrected chi connectivity index (χ3v) is 6.05. The standard InChI is InChI=1S/C26H24ClF3O4/c1-16(25(31)34-20-5-3-2-4-6-20)32-21-10-7-17-8-11-22(14-18(17)13-21)33-24-12-9-19(15-23(24)27)26(28,29)30/h7-16,20H,2-6H2,1H3. The molecule has 0 N–H and O–H groups in total. The van der Waals surface area contributed by atoms with Crippen LogP contribution in [-0.4, -0.2) is 18.2 Å². The van der Waals surface area contributed by atoms with Gasteiger partial charge in [-0.25, -0.2) is 4.79 Å². The summed E-state index contributed by atoms with van der Waals surface area (Å²) in [4.78, 5) is 12.4. The number of hydrogen-bond acceptors (Lipinski definition) is 4. The molecule has 3 aromatic carbocycles. The van der Waals surface area contributed by atoms with Crippen molar-refractivity contribution in [2.45, 2.75) is 57.4 Å². The Bertz CT molecular complexity index is 1170. The van der Waals surface area contributed by atoms with Gasteiger partial charge in [0.05, 0.1) is 10.6 Å². The number of alkyl halides is 3. The van der Waals surface area contributed by atoms with E-state index < -0.39 is 17.8 Å². The summed E-state index contributed by atoms with van der Waals surface area (Å²) in [6.45, 7) is 1.65. The molecule has 0 aromatic heterocycles. The molecule has 0 heterocycles. The molecule has 4 nitrogen and oxygen atoms in total. The van der Waals surface area contributed by atoms with E-state index in [0.29, 0.717) is 11.5 Å². The zero-order valence-corrected chi connectivity index (χ0v) is 19.3. The summed E-state index contributed by atoms with van der Waals surface area (Å²) in [6.07, 6.45) is -0.194. The molecule has 1 saturated carbocycles. The van der Waals surface area contributed by atoms with E-state index >= 15 is 0 Å². The molecule has 0 saturated heterocycles.